The molecule has 0 aromatic carbocycles. The number of terminal acetylenes is 1. The van der Waals surface area contributed by atoms with Gasteiger partial charge in [0.15, 0.2) is 0 Å². The number of rotatable bonds is 1. The van der Waals surface area contributed by atoms with E-state index in [1.807, 2.05) is 0 Å². The van der Waals surface area contributed by atoms with E-state index < -0.39 is 8.07 Å². The van der Waals surface area contributed by atoms with Crippen molar-refractivity contribution < 1.29 is 0 Å². The molecule has 0 nitrogen and oxygen atoms in total. The van der Waals surface area contributed by atoms with Crippen LogP contribution in [0.4, 0.5) is 0 Å². The fourth-order valence-corrected chi connectivity index (χ4v) is 0.919. The fraction of sp³-hybridized carbons (Fsp3) is 0.667. The van der Waals surface area contributed by atoms with Crippen molar-refractivity contribution in [2.75, 3.05) is 0 Å². The molecule has 0 saturated heterocycles. The summed E-state index contributed by atoms with van der Waals surface area (Å²) in [5, 5.41) is 0. The molecule has 0 spiro atoms. The lowest BCUT2D eigenvalue weighted by Crippen LogP contribution is -2.17. The SMILES string of the molecule is C#CC[Si](C)(C)C. The minimum atomic E-state index is -0.893. The lowest BCUT2D eigenvalue weighted by molar-refractivity contribution is 1.57. The van der Waals surface area contributed by atoms with Crippen molar-refractivity contribution in [1.82, 2.24) is 0 Å². The Morgan fingerprint density at radius 3 is 1.86 bits per heavy atom. The maximum atomic E-state index is 5.10. The Bertz CT molecular complexity index is 81.3. The summed E-state index contributed by atoms with van der Waals surface area (Å²) in [6.45, 7) is 6.81. The van der Waals surface area contributed by atoms with Gasteiger partial charge in [0, 0.05) is 6.04 Å². The molecule has 40 valence electrons. The first-order valence-electron chi connectivity index (χ1n) is 2.50. The first-order chi connectivity index (χ1) is 3.06. The molecule has 0 radical (unpaired) electrons. The second kappa shape index (κ2) is 2.18. The molecule has 0 heterocycles. The lowest BCUT2D eigenvalue weighted by Gasteiger charge is -2.08. The van der Waals surface area contributed by atoms with Gasteiger partial charge in [-0.3, -0.25) is 0 Å². The third-order valence-electron chi connectivity index (χ3n) is 0.632. The Hall–Kier alpha value is -0.223. The van der Waals surface area contributed by atoms with Crippen LogP contribution in [0.5, 0.6) is 0 Å². The van der Waals surface area contributed by atoms with E-state index in [9.17, 15) is 0 Å². The largest absolute Gasteiger partial charge is 0.120 e. The standard InChI is InChI=1S/C6H12Si/c1-5-6-7(2,3)4/h1H,6H2,2-4H3. The van der Waals surface area contributed by atoms with Crippen molar-refractivity contribution in [2.24, 2.45) is 0 Å². The van der Waals surface area contributed by atoms with E-state index >= 15 is 0 Å². The van der Waals surface area contributed by atoms with Gasteiger partial charge in [0.25, 0.3) is 0 Å². The quantitative estimate of drug-likeness (QED) is 0.359. The molecule has 0 unspecified atom stereocenters. The summed E-state index contributed by atoms with van der Waals surface area (Å²) in [5.41, 5.74) is 0. The van der Waals surface area contributed by atoms with Gasteiger partial charge >= 0.3 is 0 Å². The van der Waals surface area contributed by atoms with Crippen molar-refractivity contribution >= 4 is 8.07 Å². The molecule has 0 aliphatic rings. The minimum Gasteiger partial charge on any atom is -0.120 e. The summed E-state index contributed by atoms with van der Waals surface area (Å²) in [6.07, 6.45) is 5.10. The van der Waals surface area contributed by atoms with E-state index in [4.69, 9.17) is 6.42 Å². The molecule has 1 heteroatoms. The van der Waals surface area contributed by atoms with Crippen molar-refractivity contribution in [3.8, 4) is 12.3 Å². The highest BCUT2D eigenvalue weighted by Gasteiger charge is 2.08. The molecule has 0 aliphatic carbocycles. The van der Waals surface area contributed by atoms with Crippen LogP contribution in [-0.4, -0.2) is 8.07 Å². The monoisotopic (exact) mass is 112 g/mol. The number of hydrogen-bond acceptors (Lipinski definition) is 0. The Morgan fingerprint density at radius 1 is 1.43 bits per heavy atom. The van der Waals surface area contributed by atoms with Gasteiger partial charge in [-0.25, -0.2) is 0 Å². The Labute approximate surface area is 46.9 Å². The molecule has 7 heavy (non-hydrogen) atoms. The molecule has 0 aliphatic heterocycles. The third kappa shape index (κ3) is 5.78. The van der Waals surface area contributed by atoms with Gasteiger partial charge < -0.3 is 0 Å². The normalized spacial score (nSPS) is 10.6. The molecule has 0 saturated carbocycles. The van der Waals surface area contributed by atoms with Crippen LogP contribution < -0.4 is 0 Å². The summed E-state index contributed by atoms with van der Waals surface area (Å²) >= 11 is 0. The van der Waals surface area contributed by atoms with Crippen LogP contribution in [0.25, 0.3) is 0 Å². The Morgan fingerprint density at radius 2 is 1.86 bits per heavy atom. The molecular formula is C6H12Si. The van der Waals surface area contributed by atoms with Crippen molar-refractivity contribution in [3.63, 3.8) is 0 Å². The summed E-state index contributed by atoms with van der Waals surface area (Å²) in [4.78, 5) is 0. The van der Waals surface area contributed by atoms with E-state index in [-0.39, 0.29) is 0 Å². The minimum absolute atomic E-state index is 0.893. The highest BCUT2D eigenvalue weighted by Crippen LogP contribution is 2.04. The Kier molecular flexibility index (Phi) is 2.11. The molecule has 0 aromatic rings. The average molecular weight is 112 g/mol. The molecule has 0 aromatic heterocycles. The molecule has 0 N–H and O–H groups in total. The second-order valence-corrected chi connectivity index (χ2v) is 8.42. The van der Waals surface area contributed by atoms with Gasteiger partial charge in [-0.05, 0) is 0 Å². The predicted molar refractivity (Wildman–Crippen MR) is 37.0 cm³/mol. The highest BCUT2D eigenvalue weighted by atomic mass is 28.3. The highest BCUT2D eigenvalue weighted by molar-refractivity contribution is 6.76. The van der Waals surface area contributed by atoms with Gasteiger partial charge in [0.1, 0.15) is 0 Å². The first kappa shape index (κ1) is 6.78. The smallest absolute Gasteiger partial charge is 0.0573 e. The molecule has 0 atom stereocenters. The van der Waals surface area contributed by atoms with E-state index in [2.05, 4.69) is 25.6 Å². The summed E-state index contributed by atoms with van der Waals surface area (Å²) in [5.74, 6) is 2.67. The van der Waals surface area contributed by atoms with Gasteiger partial charge in [-0.15, -0.1) is 12.3 Å². The van der Waals surface area contributed by atoms with Gasteiger partial charge in [-0.1, -0.05) is 19.6 Å². The predicted octanol–water partition coefficient (Wildman–Crippen LogP) is 1.96. The Balaban J connectivity index is 3.40. The van der Waals surface area contributed by atoms with Crippen LogP contribution in [0.3, 0.4) is 0 Å². The zero-order valence-electron chi connectivity index (χ0n) is 5.28. The topological polar surface area (TPSA) is 0 Å². The van der Waals surface area contributed by atoms with Gasteiger partial charge in [0.05, 0.1) is 8.07 Å². The van der Waals surface area contributed by atoms with Crippen molar-refractivity contribution in [3.05, 3.63) is 0 Å². The zero-order valence-corrected chi connectivity index (χ0v) is 6.28. The maximum absolute atomic E-state index is 5.10. The van der Waals surface area contributed by atoms with Crippen LogP contribution >= 0.6 is 0 Å². The van der Waals surface area contributed by atoms with Crippen LogP contribution in [0.1, 0.15) is 0 Å². The van der Waals surface area contributed by atoms with Crippen LogP contribution in [0.2, 0.25) is 25.7 Å². The molecule has 0 bridgehead atoms. The third-order valence-corrected chi connectivity index (χ3v) is 1.90. The average Bonchev–Trinajstić information content (AvgIpc) is 1.30. The van der Waals surface area contributed by atoms with E-state index in [0.29, 0.717) is 0 Å². The van der Waals surface area contributed by atoms with E-state index in [0.717, 1.165) is 6.04 Å². The molecule has 0 amide bonds. The summed E-state index contributed by atoms with van der Waals surface area (Å²) in [6, 6.07) is 1.01. The van der Waals surface area contributed by atoms with Crippen LogP contribution in [0.15, 0.2) is 0 Å². The van der Waals surface area contributed by atoms with Crippen molar-refractivity contribution in [2.45, 2.75) is 25.7 Å². The van der Waals surface area contributed by atoms with E-state index in [1.54, 1.807) is 0 Å². The second-order valence-electron chi connectivity index (χ2n) is 2.94. The lowest BCUT2D eigenvalue weighted by atomic mass is 10.8. The van der Waals surface area contributed by atoms with Crippen LogP contribution in [0, 0.1) is 12.3 Å². The first-order valence-corrected chi connectivity index (χ1v) is 6.20. The summed E-state index contributed by atoms with van der Waals surface area (Å²) in [7, 11) is -0.893. The molecule has 0 fully saturated rings. The molecule has 0 rings (SSSR count). The zero-order chi connectivity index (χ0) is 5.91. The van der Waals surface area contributed by atoms with Crippen molar-refractivity contribution in [1.29, 1.82) is 0 Å². The summed E-state index contributed by atoms with van der Waals surface area (Å²) < 4.78 is 0. The van der Waals surface area contributed by atoms with Gasteiger partial charge in [0.2, 0.25) is 0 Å². The van der Waals surface area contributed by atoms with Gasteiger partial charge in [-0.2, -0.15) is 0 Å². The maximum Gasteiger partial charge on any atom is 0.0573 e. The van der Waals surface area contributed by atoms with Crippen LogP contribution in [-0.2, 0) is 0 Å². The fourth-order valence-electron chi connectivity index (χ4n) is 0.306. The number of hydrogen-bond donors (Lipinski definition) is 0. The van der Waals surface area contributed by atoms with E-state index in [1.165, 1.54) is 0 Å². The molecular weight excluding hydrogens is 100 g/mol.